The van der Waals surface area contributed by atoms with Crippen molar-refractivity contribution >= 4 is 24.8 Å². The molecule has 0 radical (unpaired) electrons. The second-order valence-electron chi connectivity index (χ2n) is 0. The van der Waals surface area contributed by atoms with Crippen LogP contribution in [0.15, 0.2) is 0 Å². The molecular weight excluding hydrogens is 233 g/mol. The van der Waals surface area contributed by atoms with E-state index in [0.29, 0.717) is 0 Å². The van der Waals surface area contributed by atoms with Crippen molar-refractivity contribution in [1.82, 2.24) is 0 Å². The van der Waals surface area contributed by atoms with E-state index in [4.69, 9.17) is 0 Å². The summed E-state index contributed by atoms with van der Waals surface area (Å²) in [6.45, 7) is 0. The van der Waals surface area contributed by atoms with Crippen molar-refractivity contribution in [3.8, 4) is 0 Å². The Morgan fingerprint density at radius 1 is 0.750 bits per heavy atom. The first kappa shape index (κ1) is 42.1. The maximum Gasteiger partial charge on any atom is 0 e. The van der Waals surface area contributed by atoms with Crippen LogP contribution in [-0.2, 0) is 37.5 Å². The molecule has 0 aromatic carbocycles. The molecule has 0 nitrogen and oxygen atoms in total. The summed E-state index contributed by atoms with van der Waals surface area (Å²) in [6.07, 6.45) is 0. The van der Waals surface area contributed by atoms with Crippen molar-refractivity contribution in [3.05, 3.63) is 0 Å². The van der Waals surface area contributed by atoms with E-state index in [2.05, 4.69) is 0 Å². The number of hydrogen-bond donors (Lipinski definition) is 0. The largest absolute Gasteiger partial charge is 0.147 e. The Hall–Kier alpha value is 1.76. The molecule has 4 heteroatoms. The summed E-state index contributed by atoms with van der Waals surface area (Å²) in [5, 5.41) is 0. The van der Waals surface area contributed by atoms with Gasteiger partial charge in [0.1, 0.15) is 0 Å². The summed E-state index contributed by atoms with van der Waals surface area (Å²) in [4.78, 5) is 0. The normalized spacial score (nSPS) is 0. The Morgan fingerprint density at radius 3 is 0.750 bits per heavy atom. The van der Waals surface area contributed by atoms with Crippen LogP contribution in [0.2, 0.25) is 0 Å². The second-order valence-corrected chi connectivity index (χ2v) is 0. The van der Waals surface area contributed by atoms with Gasteiger partial charge >= 0.3 is 0 Å². The van der Waals surface area contributed by atoms with Crippen molar-refractivity contribution in [3.63, 3.8) is 0 Å². The summed E-state index contributed by atoms with van der Waals surface area (Å²) >= 11 is 0. The van der Waals surface area contributed by atoms with Gasteiger partial charge in [0.05, 0.1) is 0 Å². The zero-order valence-electron chi connectivity index (χ0n) is 1.49. The monoisotopic (exact) mass is 234 g/mol. The van der Waals surface area contributed by atoms with Crippen molar-refractivity contribution < 1.29 is 37.5 Å². The maximum absolute atomic E-state index is 0. The molecule has 0 aliphatic carbocycles. The first-order chi connectivity index (χ1) is 0. The molecule has 0 aromatic heterocycles. The molecule has 0 atom stereocenters. The van der Waals surface area contributed by atoms with Crippen molar-refractivity contribution in [2.45, 2.75) is 0 Å². The SMILES string of the molecule is Cl.Cl.[Fe].[Pd]. The maximum atomic E-state index is 0. The fourth-order valence-corrected chi connectivity index (χ4v) is 0. The van der Waals surface area contributed by atoms with E-state index >= 15 is 0 Å². The van der Waals surface area contributed by atoms with Gasteiger partial charge in [-0.15, -0.1) is 24.8 Å². The van der Waals surface area contributed by atoms with Gasteiger partial charge in [0.25, 0.3) is 0 Å². The molecule has 0 amide bonds. The van der Waals surface area contributed by atoms with Gasteiger partial charge in [-0.3, -0.25) is 0 Å². The van der Waals surface area contributed by atoms with E-state index < -0.39 is 0 Å². The Bertz CT molecular complexity index is 6.00. The molecule has 34 valence electrons. The van der Waals surface area contributed by atoms with Crippen LogP contribution in [0.5, 0.6) is 0 Å². The first-order valence-electron chi connectivity index (χ1n) is 0. The minimum Gasteiger partial charge on any atom is -0.147 e. The van der Waals surface area contributed by atoms with Gasteiger partial charge in [0, 0.05) is 37.5 Å². The minimum absolute atomic E-state index is 0. The first-order valence-corrected chi connectivity index (χ1v) is 0. The average molecular weight is 235 g/mol. The summed E-state index contributed by atoms with van der Waals surface area (Å²) in [7, 11) is 0. The van der Waals surface area contributed by atoms with E-state index in [9.17, 15) is 0 Å². The predicted octanol–water partition coefficient (Wildman–Crippen LogP) is 0.839. The van der Waals surface area contributed by atoms with Crippen LogP contribution in [0, 0.1) is 0 Å². The van der Waals surface area contributed by atoms with Gasteiger partial charge < -0.3 is 0 Å². The smallest absolute Gasteiger partial charge is 0 e. The van der Waals surface area contributed by atoms with Crippen molar-refractivity contribution in [1.29, 1.82) is 0 Å². The van der Waals surface area contributed by atoms with Gasteiger partial charge in [-0.1, -0.05) is 0 Å². The second kappa shape index (κ2) is 21.7. The molecule has 0 saturated carbocycles. The van der Waals surface area contributed by atoms with Crippen LogP contribution in [0.3, 0.4) is 0 Å². The van der Waals surface area contributed by atoms with Gasteiger partial charge in [-0.05, 0) is 0 Å². The van der Waals surface area contributed by atoms with Crippen LogP contribution < -0.4 is 0 Å². The Labute approximate surface area is 62.0 Å². The molecule has 0 heterocycles. The molecule has 0 aromatic rings. The molecule has 0 rings (SSSR count). The molecule has 0 bridgehead atoms. The van der Waals surface area contributed by atoms with Gasteiger partial charge in [-0.2, -0.15) is 0 Å². The molecule has 4 heavy (non-hydrogen) atoms. The molecule has 0 saturated heterocycles. The van der Waals surface area contributed by atoms with E-state index in [1.807, 2.05) is 0 Å². The molecule has 0 fully saturated rings. The third-order valence-corrected chi connectivity index (χ3v) is 0. The predicted molar refractivity (Wildman–Crippen MR) is 14.5 cm³/mol. The van der Waals surface area contributed by atoms with Crippen LogP contribution >= 0.6 is 24.8 Å². The quantitative estimate of drug-likeness (QED) is 0.546. The Morgan fingerprint density at radius 2 is 0.750 bits per heavy atom. The summed E-state index contributed by atoms with van der Waals surface area (Å²) < 4.78 is 0. The van der Waals surface area contributed by atoms with Gasteiger partial charge in [-0.25, -0.2) is 0 Å². The zero-order valence-corrected chi connectivity index (χ0v) is 5.78. The van der Waals surface area contributed by atoms with Crippen molar-refractivity contribution in [2.75, 3.05) is 0 Å². The average Bonchev–Trinajstić information content (AvgIpc) is 0. The number of rotatable bonds is 0. The van der Waals surface area contributed by atoms with Crippen LogP contribution in [0.4, 0.5) is 0 Å². The number of halogens is 2. The summed E-state index contributed by atoms with van der Waals surface area (Å²) in [6, 6.07) is 0. The van der Waals surface area contributed by atoms with Gasteiger partial charge in [0.15, 0.2) is 0 Å². The van der Waals surface area contributed by atoms with Gasteiger partial charge in [0.2, 0.25) is 0 Å². The molecule has 0 spiro atoms. The van der Waals surface area contributed by atoms with Crippen molar-refractivity contribution in [2.24, 2.45) is 0 Å². The van der Waals surface area contributed by atoms with E-state index in [-0.39, 0.29) is 62.3 Å². The fraction of sp³-hybridized carbons (Fsp3) is 0. The molecule has 0 aliphatic heterocycles. The van der Waals surface area contributed by atoms with Crippen LogP contribution in [0.25, 0.3) is 0 Å². The molecular formula is H2Cl2FePd. The Balaban J connectivity index is 0. The number of hydrogen-bond acceptors (Lipinski definition) is 0. The third kappa shape index (κ3) is 9.24. The molecule has 0 N–H and O–H groups in total. The fourth-order valence-electron chi connectivity index (χ4n) is 0. The summed E-state index contributed by atoms with van der Waals surface area (Å²) in [5.41, 5.74) is 0. The van der Waals surface area contributed by atoms with E-state index in [1.54, 1.807) is 0 Å². The minimum atomic E-state index is 0. The third-order valence-electron chi connectivity index (χ3n) is 0. The van der Waals surface area contributed by atoms with Crippen LogP contribution in [0.1, 0.15) is 0 Å². The topological polar surface area (TPSA) is 0 Å². The summed E-state index contributed by atoms with van der Waals surface area (Å²) in [5.74, 6) is 0. The van der Waals surface area contributed by atoms with Crippen LogP contribution in [-0.4, -0.2) is 0 Å². The zero-order chi connectivity index (χ0) is 0. The molecule has 0 aliphatic rings. The molecule has 0 unspecified atom stereocenters. The standard InChI is InChI=1S/2ClH.Fe.Pd/h2*1H;;. The Kier molecular flexibility index (Phi) is 228. The van der Waals surface area contributed by atoms with E-state index in [1.165, 1.54) is 0 Å². The van der Waals surface area contributed by atoms with E-state index in [0.717, 1.165) is 0 Å².